The molecular formula is C11H12N2O2S2. The van der Waals surface area contributed by atoms with Gasteiger partial charge in [-0.15, -0.1) is 11.3 Å². The van der Waals surface area contributed by atoms with E-state index in [0.717, 1.165) is 16.6 Å². The van der Waals surface area contributed by atoms with Crippen molar-refractivity contribution in [3.8, 4) is 0 Å². The maximum absolute atomic E-state index is 10.9. The summed E-state index contributed by atoms with van der Waals surface area (Å²) in [7, 11) is 1.92. The maximum Gasteiger partial charge on any atom is 0.355 e. The van der Waals surface area contributed by atoms with Crippen LogP contribution in [-0.4, -0.2) is 23.1 Å². The minimum atomic E-state index is -0.964. The van der Waals surface area contributed by atoms with E-state index in [2.05, 4.69) is 16.4 Å². The summed E-state index contributed by atoms with van der Waals surface area (Å²) < 4.78 is 0. The number of hydrogen-bond acceptors (Lipinski definition) is 5. The molecular weight excluding hydrogens is 256 g/mol. The van der Waals surface area contributed by atoms with Crippen molar-refractivity contribution in [2.45, 2.75) is 13.5 Å². The van der Waals surface area contributed by atoms with Gasteiger partial charge in [0.05, 0.1) is 0 Å². The normalized spacial score (nSPS) is 10.5. The molecule has 2 rings (SSSR count). The topological polar surface area (TPSA) is 53.4 Å². The van der Waals surface area contributed by atoms with E-state index in [-0.39, 0.29) is 5.69 Å². The van der Waals surface area contributed by atoms with Crippen molar-refractivity contribution in [2.24, 2.45) is 0 Å². The summed E-state index contributed by atoms with van der Waals surface area (Å²) in [6.45, 7) is 2.53. The first-order chi connectivity index (χ1) is 8.08. The van der Waals surface area contributed by atoms with Gasteiger partial charge in [0, 0.05) is 18.5 Å². The predicted octanol–water partition coefficient (Wildman–Crippen LogP) is 2.85. The summed E-state index contributed by atoms with van der Waals surface area (Å²) in [4.78, 5) is 17.7. The molecule has 0 unspecified atom stereocenters. The highest BCUT2D eigenvalue weighted by atomic mass is 32.1. The standard InChI is InChI=1S/C11H12N2O2S2/c1-7-9(10(14)15)12-11(17-7)13(2)5-8-3-4-16-6-8/h3-4,6H,5H2,1-2H3,(H,14,15). The van der Waals surface area contributed by atoms with Crippen LogP contribution in [0.4, 0.5) is 5.13 Å². The van der Waals surface area contributed by atoms with Crippen LogP contribution in [0.1, 0.15) is 20.9 Å². The van der Waals surface area contributed by atoms with E-state index >= 15 is 0 Å². The number of hydrogen-bond donors (Lipinski definition) is 1. The number of aryl methyl sites for hydroxylation is 1. The van der Waals surface area contributed by atoms with Gasteiger partial charge in [-0.05, 0) is 29.3 Å². The highest BCUT2D eigenvalue weighted by Gasteiger charge is 2.16. The number of thiazole rings is 1. The van der Waals surface area contributed by atoms with E-state index < -0.39 is 5.97 Å². The fourth-order valence-electron chi connectivity index (χ4n) is 1.47. The largest absolute Gasteiger partial charge is 0.476 e. The summed E-state index contributed by atoms with van der Waals surface area (Å²) in [6, 6.07) is 2.06. The highest BCUT2D eigenvalue weighted by molar-refractivity contribution is 7.15. The number of anilines is 1. The lowest BCUT2D eigenvalue weighted by Gasteiger charge is -2.14. The van der Waals surface area contributed by atoms with Crippen LogP contribution >= 0.6 is 22.7 Å². The average molecular weight is 268 g/mol. The third kappa shape index (κ3) is 2.65. The maximum atomic E-state index is 10.9. The van der Waals surface area contributed by atoms with Crippen molar-refractivity contribution in [3.63, 3.8) is 0 Å². The molecule has 0 saturated heterocycles. The van der Waals surface area contributed by atoms with Gasteiger partial charge in [0.25, 0.3) is 0 Å². The first-order valence-electron chi connectivity index (χ1n) is 5.01. The molecule has 0 spiro atoms. The minimum absolute atomic E-state index is 0.155. The zero-order chi connectivity index (χ0) is 12.4. The van der Waals surface area contributed by atoms with Crippen LogP contribution in [-0.2, 0) is 6.54 Å². The average Bonchev–Trinajstić information content (AvgIpc) is 2.86. The van der Waals surface area contributed by atoms with Crippen LogP contribution in [0.25, 0.3) is 0 Å². The van der Waals surface area contributed by atoms with Crippen LogP contribution in [0.15, 0.2) is 16.8 Å². The number of carboxylic acids is 1. The molecule has 0 aliphatic heterocycles. The van der Waals surface area contributed by atoms with Gasteiger partial charge in [-0.1, -0.05) is 0 Å². The number of carbonyl (C=O) groups is 1. The van der Waals surface area contributed by atoms with Crippen molar-refractivity contribution >= 4 is 33.8 Å². The quantitative estimate of drug-likeness (QED) is 0.926. The van der Waals surface area contributed by atoms with Gasteiger partial charge >= 0.3 is 5.97 Å². The number of aromatic carboxylic acids is 1. The van der Waals surface area contributed by atoms with Gasteiger partial charge in [-0.3, -0.25) is 0 Å². The van der Waals surface area contributed by atoms with E-state index in [9.17, 15) is 4.79 Å². The van der Waals surface area contributed by atoms with Gasteiger partial charge in [0.1, 0.15) is 0 Å². The summed E-state index contributed by atoms with van der Waals surface area (Å²) in [5.74, 6) is -0.964. The number of aromatic nitrogens is 1. The van der Waals surface area contributed by atoms with Crippen LogP contribution in [0.3, 0.4) is 0 Å². The third-order valence-electron chi connectivity index (χ3n) is 2.31. The summed E-state index contributed by atoms with van der Waals surface area (Å²) in [5.41, 5.74) is 1.37. The Morgan fingerprint density at radius 1 is 1.59 bits per heavy atom. The lowest BCUT2D eigenvalue weighted by atomic mass is 10.3. The van der Waals surface area contributed by atoms with Crippen molar-refractivity contribution in [1.82, 2.24) is 4.98 Å². The first-order valence-corrected chi connectivity index (χ1v) is 6.77. The molecule has 0 aromatic carbocycles. The van der Waals surface area contributed by atoms with E-state index in [1.807, 2.05) is 17.3 Å². The first kappa shape index (κ1) is 12.1. The number of nitrogens with zero attached hydrogens (tertiary/aromatic N) is 2. The van der Waals surface area contributed by atoms with Crippen LogP contribution in [0, 0.1) is 6.92 Å². The number of carboxylic acid groups (broad SMARTS) is 1. The summed E-state index contributed by atoms with van der Waals surface area (Å²) in [5, 5.41) is 13.8. The van der Waals surface area contributed by atoms with Gasteiger partial charge in [0.15, 0.2) is 10.8 Å². The molecule has 90 valence electrons. The van der Waals surface area contributed by atoms with Gasteiger partial charge in [-0.25, -0.2) is 9.78 Å². The molecule has 0 aliphatic rings. The van der Waals surface area contributed by atoms with Gasteiger partial charge in [0.2, 0.25) is 0 Å². The molecule has 2 aromatic heterocycles. The zero-order valence-corrected chi connectivity index (χ0v) is 11.1. The van der Waals surface area contributed by atoms with E-state index in [4.69, 9.17) is 5.11 Å². The van der Waals surface area contributed by atoms with Crippen molar-refractivity contribution in [1.29, 1.82) is 0 Å². The molecule has 0 bridgehead atoms. The second-order valence-electron chi connectivity index (χ2n) is 3.69. The van der Waals surface area contributed by atoms with Crippen molar-refractivity contribution < 1.29 is 9.90 Å². The molecule has 2 aromatic rings. The van der Waals surface area contributed by atoms with Crippen LogP contribution in [0.5, 0.6) is 0 Å². The Morgan fingerprint density at radius 3 is 2.88 bits per heavy atom. The Bertz CT molecular complexity index is 520. The molecule has 0 aliphatic carbocycles. The van der Waals surface area contributed by atoms with Crippen LogP contribution in [0.2, 0.25) is 0 Å². The lowest BCUT2D eigenvalue weighted by Crippen LogP contribution is -2.15. The second-order valence-corrected chi connectivity index (χ2v) is 5.66. The smallest absolute Gasteiger partial charge is 0.355 e. The highest BCUT2D eigenvalue weighted by Crippen LogP contribution is 2.26. The second kappa shape index (κ2) is 4.85. The molecule has 1 N–H and O–H groups in total. The third-order valence-corrected chi connectivity index (χ3v) is 4.13. The predicted molar refractivity (Wildman–Crippen MR) is 70.2 cm³/mol. The summed E-state index contributed by atoms with van der Waals surface area (Å²) in [6.07, 6.45) is 0. The van der Waals surface area contributed by atoms with Crippen molar-refractivity contribution in [2.75, 3.05) is 11.9 Å². The molecule has 0 radical (unpaired) electrons. The van der Waals surface area contributed by atoms with Crippen LogP contribution < -0.4 is 4.90 Å². The van der Waals surface area contributed by atoms with Crippen molar-refractivity contribution in [3.05, 3.63) is 33.0 Å². The molecule has 4 nitrogen and oxygen atoms in total. The Morgan fingerprint density at radius 2 is 2.35 bits per heavy atom. The molecule has 0 saturated carbocycles. The van der Waals surface area contributed by atoms with E-state index in [1.165, 1.54) is 16.9 Å². The molecule has 0 amide bonds. The minimum Gasteiger partial charge on any atom is -0.476 e. The molecule has 17 heavy (non-hydrogen) atoms. The fourth-order valence-corrected chi connectivity index (χ4v) is 2.99. The monoisotopic (exact) mass is 268 g/mol. The number of rotatable bonds is 4. The lowest BCUT2D eigenvalue weighted by molar-refractivity contribution is 0.0690. The molecule has 0 atom stereocenters. The Kier molecular flexibility index (Phi) is 3.44. The van der Waals surface area contributed by atoms with Gasteiger partial charge < -0.3 is 10.0 Å². The fraction of sp³-hybridized carbons (Fsp3) is 0.273. The molecule has 2 heterocycles. The zero-order valence-electron chi connectivity index (χ0n) is 9.51. The molecule has 6 heteroatoms. The van der Waals surface area contributed by atoms with E-state index in [1.54, 1.807) is 18.3 Å². The Labute approximate surface area is 107 Å². The molecule has 0 fully saturated rings. The summed E-state index contributed by atoms with van der Waals surface area (Å²) >= 11 is 3.06. The Balaban J connectivity index is 2.17. The SMILES string of the molecule is Cc1sc(N(C)Cc2ccsc2)nc1C(=O)O. The van der Waals surface area contributed by atoms with E-state index in [0.29, 0.717) is 0 Å². The van der Waals surface area contributed by atoms with Gasteiger partial charge in [-0.2, -0.15) is 11.3 Å². The Hall–Kier alpha value is -1.40. The number of thiophene rings is 1.